The lowest BCUT2D eigenvalue weighted by Crippen LogP contribution is -2.48. The highest BCUT2D eigenvalue weighted by Crippen LogP contribution is 2.20. The monoisotopic (exact) mass is 333 g/mol. The van der Waals surface area contributed by atoms with Gasteiger partial charge in [0, 0.05) is 37.8 Å². The van der Waals surface area contributed by atoms with E-state index in [1.807, 2.05) is 11.9 Å². The standard InChI is InChI=1S/C17H20FN3O3/c1-20-6-8-21(9-7-20)17(22)12-23-11-15-10-16(24-19-15)13-2-4-14(18)5-3-13/h2-5,10H,6-9,11-12H2,1H3. The van der Waals surface area contributed by atoms with Gasteiger partial charge in [0.2, 0.25) is 5.91 Å². The number of hydrogen-bond acceptors (Lipinski definition) is 5. The molecule has 1 aromatic heterocycles. The van der Waals surface area contributed by atoms with E-state index in [0.29, 0.717) is 11.5 Å². The van der Waals surface area contributed by atoms with Crippen molar-refractivity contribution in [2.24, 2.45) is 0 Å². The molecule has 1 fully saturated rings. The van der Waals surface area contributed by atoms with Crippen molar-refractivity contribution >= 4 is 5.91 Å². The Balaban J connectivity index is 1.47. The number of likely N-dealkylation sites (N-methyl/N-ethyl adjacent to an activating group) is 1. The summed E-state index contributed by atoms with van der Waals surface area (Å²) in [6.45, 7) is 3.47. The molecule has 1 saturated heterocycles. The third-order valence-corrected chi connectivity index (χ3v) is 4.02. The number of amides is 1. The largest absolute Gasteiger partial charge is 0.365 e. The molecule has 1 aliphatic rings. The molecule has 7 heteroatoms. The van der Waals surface area contributed by atoms with Crippen LogP contribution in [0.3, 0.4) is 0 Å². The Kier molecular flexibility index (Phi) is 5.22. The number of ether oxygens (including phenoxy) is 1. The highest BCUT2D eigenvalue weighted by Gasteiger charge is 2.19. The van der Waals surface area contributed by atoms with Crippen LogP contribution >= 0.6 is 0 Å². The zero-order chi connectivity index (χ0) is 16.9. The second-order valence-corrected chi connectivity index (χ2v) is 5.87. The van der Waals surface area contributed by atoms with E-state index in [1.165, 1.54) is 12.1 Å². The van der Waals surface area contributed by atoms with Gasteiger partial charge >= 0.3 is 0 Å². The number of piperazine rings is 1. The van der Waals surface area contributed by atoms with Gasteiger partial charge in [0.15, 0.2) is 5.76 Å². The van der Waals surface area contributed by atoms with E-state index in [0.717, 1.165) is 31.7 Å². The van der Waals surface area contributed by atoms with Gasteiger partial charge in [-0.2, -0.15) is 0 Å². The second-order valence-electron chi connectivity index (χ2n) is 5.87. The van der Waals surface area contributed by atoms with E-state index in [2.05, 4.69) is 10.1 Å². The van der Waals surface area contributed by atoms with E-state index in [4.69, 9.17) is 9.26 Å². The summed E-state index contributed by atoms with van der Waals surface area (Å²) in [7, 11) is 2.04. The first kappa shape index (κ1) is 16.6. The lowest BCUT2D eigenvalue weighted by molar-refractivity contribution is -0.138. The normalized spacial score (nSPS) is 15.7. The molecule has 128 valence electrons. The van der Waals surface area contributed by atoms with Crippen molar-refractivity contribution < 1.29 is 18.4 Å². The van der Waals surface area contributed by atoms with E-state index < -0.39 is 0 Å². The van der Waals surface area contributed by atoms with Crippen LogP contribution in [0, 0.1) is 5.82 Å². The Morgan fingerprint density at radius 3 is 2.67 bits per heavy atom. The third-order valence-electron chi connectivity index (χ3n) is 4.02. The molecule has 0 spiro atoms. The molecule has 1 aromatic carbocycles. The summed E-state index contributed by atoms with van der Waals surface area (Å²) in [5.74, 6) is 0.230. The fourth-order valence-corrected chi connectivity index (χ4v) is 2.52. The summed E-state index contributed by atoms with van der Waals surface area (Å²) in [5, 5.41) is 3.91. The average Bonchev–Trinajstić information content (AvgIpc) is 3.05. The molecule has 1 aliphatic heterocycles. The van der Waals surface area contributed by atoms with Gasteiger partial charge in [0.05, 0.1) is 6.61 Å². The second kappa shape index (κ2) is 7.55. The molecular formula is C17H20FN3O3. The van der Waals surface area contributed by atoms with Crippen LogP contribution in [-0.4, -0.2) is 60.7 Å². The highest BCUT2D eigenvalue weighted by molar-refractivity contribution is 5.77. The first-order chi connectivity index (χ1) is 11.6. The molecule has 24 heavy (non-hydrogen) atoms. The van der Waals surface area contributed by atoms with Crippen molar-refractivity contribution in [2.45, 2.75) is 6.61 Å². The zero-order valence-corrected chi connectivity index (χ0v) is 13.6. The minimum Gasteiger partial charge on any atom is -0.365 e. The maximum absolute atomic E-state index is 12.9. The lowest BCUT2D eigenvalue weighted by Gasteiger charge is -2.32. The zero-order valence-electron chi connectivity index (χ0n) is 13.6. The summed E-state index contributed by atoms with van der Waals surface area (Å²) in [6.07, 6.45) is 0. The first-order valence-corrected chi connectivity index (χ1v) is 7.87. The van der Waals surface area contributed by atoms with E-state index in [1.54, 1.807) is 18.2 Å². The van der Waals surface area contributed by atoms with Crippen LogP contribution in [0.4, 0.5) is 4.39 Å². The van der Waals surface area contributed by atoms with Gasteiger partial charge in [0.25, 0.3) is 0 Å². The summed E-state index contributed by atoms with van der Waals surface area (Å²) >= 11 is 0. The van der Waals surface area contributed by atoms with Crippen molar-refractivity contribution in [3.05, 3.63) is 41.8 Å². The molecule has 0 saturated carbocycles. The Morgan fingerprint density at radius 1 is 1.25 bits per heavy atom. The number of rotatable bonds is 5. The molecule has 0 aliphatic carbocycles. The summed E-state index contributed by atoms with van der Waals surface area (Å²) in [4.78, 5) is 16.1. The van der Waals surface area contributed by atoms with Crippen molar-refractivity contribution in [1.82, 2.24) is 15.0 Å². The van der Waals surface area contributed by atoms with Crippen LogP contribution in [0.15, 0.2) is 34.9 Å². The van der Waals surface area contributed by atoms with Crippen molar-refractivity contribution in [1.29, 1.82) is 0 Å². The number of nitrogens with zero attached hydrogens (tertiary/aromatic N) is 3. The van der Waals surface area contributed by atoms with Crippen LogP contribution in [0.25, 0.3) is 11.3 Å². The molecular weight excluding hydrogens is 313 g/mol. The predicted octanol–water partition coefficient (Wildman–Crippen LogP) is 1.77. The number of hydrogen-bond donors (Lipinski definition) is 0. The smallest absolute Gasteiger partial charge is 0.248 e. The van der Waals surface area contributed by atoms with Gasteiger partial charge in [-0.3, -0.25) is 4.79 Å². The Hall–Kier alpha value is -2.25. The fourth-order valence-electron chi connectivity index (χ4n) is 2.52. The van der Waals surface area contributed by atoms with E-state index in [9.17, 15) is 9.18 Å². The number of benzene rings is 1. The first-order valence-electron chi connectivity index (χ1n) is 7.87. The average molecular weight is 333 g/mol. The minimum atomic E-state index is -0.302. The van der Waals surface area contributed by atoms with E-state index in [-0.39, 0.29) is 24.9 Å². The molecule has 6 nitrogen and oxygen atoms in total. The lowest BCUT2D eigenvalue weighted by atomic mass is 10.1. The maximum atomic E-state index is 12.9. The number of aromatic nitrogens is 1. The van der Waals surface area contributed by atoms with Crippen molar-refractivity contribution in [3.8, 4) is 11.3 Å². The van der Waals surface area contributed by atoms with Crippen LogP contribution < -0.4 is 0 Å². The quantitative estimate of drug-likeness (QED) is 0.835. The maximum Gasteiger partial charge on any atom is 0.248 e. The molecule has 3 rings (SSSR count). The molecule has 0 unspecified atom stereocenters. The number of halogens is 1. The number of carbonyl (C=O) groups excluding carboxylic acids is 1. The molecule has 0 atom stereocenters. The fraction of sp³-hybridized carbons (Fsp3) is 0.412. The molecule has 0 radical (unpaired) electrons. The molecule has 2 heterocycles. The molecule has 0 N–H and O–H groups in total. The van der Waals surface area contributed by atoms with Gasteiger partial charge in [0.1, 0.15) is 18.1 Å². The minimum absolute atomic E-state index is 0.00893. The van der Waals surface area contributed by atoms with Gasteiger partial charge in [-0.15, -0.1) is 0 Å². The Labute approximate surface area is 139 Å². The molecule has 2 aromatic rings. The van der Waals surface area contributed by atoms with Gasteiger partial charge < -0.3 is 19.1 Å². The predicted molar refractivity (Wildman–Crippen MR) is 85.6 cm³/mol. The van der Waals surface area contributed by atoms with Crippen LogP contribution in [0.2, 0.25) is 0 Å². The number of carbonyl (C=O) groups is 1. The molecule has 1 amide bonds. The van der Waals surface area contributed by atoms with Crippen molar-refractivity contribution in [3.63, 3.8) is 0 Å². The molecule has 0 bridgehead atoms. The van der Waals surface area contributed by atoms with Crippen LogP contribution in [0.1, 0.15) is 5.69 Å². The van der Waals surface area contributed by atoms with Crippen LogP contribution in [0.5, 0.6) is 0 Å². The summed E-state index contributed by atoms with van der Waals surface area (Å²) in [5.41, 5.74) is 1.34. The van der Waals surface area contributed by atoms with Gasteiger partial charge in [-0.05, 0) is 31.3 Å². The summed E-state index contributed by atoms with van der Waals surface area (Å²) < 4.78 is 23.6. The SMILES string of the molecule is CN1CCN(C(=O)COCc2cc(-c3ccc(F)cc3)on2)CC1. The van der Waals surface area contributed by atoms with Gasteiger partial charge in [-0.1, -0.05) is 5.16 Å². The Bertz CT molecular complexity index is 679. The topological polar surface area (TPSA) is 58.8 Å². The third kappa shape index (κ3) is 4.18. The van der Waals surface area contributed by atoms with Gasteiger partial charge in [-0.25, -0.2) is 4.39 Å². The van der Waals surface area contributed by atoms with Crippen molar-refractivity contribution in [2.75, 3.05) is 39.8 Å². The van der Waals surface area contributed by atoms with E-state index >= 15 is 0 Å². The van der Waals surface area contributed by atoms with Crippen LogP contribution in [-0.2, 0) is 16.1 Å². The highest BCUT2D eigenvalue weighted by atomic mass is 19.1. The summed E-state index contributed by atoms with van der Waals surface area (Å²) in [6, 6.07) is 7.70. The Morgan fingerprint density at radius 2 is 1.96 bits per heavy atom.